The van der Waals surface area contributed by atoms with Gasteiger partial charge in [-0.25, -0.2) is 4.68 Å². The molecule has 0 amide bonds. The summed E-state index contributed by atoms with van der Waals surface area (Å²) < 4.78 is 2.03. The summed E-state index contributed by atoms with van der Waals surface area (Å²) >= 11 is 1.77. The first-order chi connectivity index (χ1) is 10.3. The number of nitrogens with zero attached hydrogens (tertiary/aromatic N) is 4. The number of aryl methyl sites for hydroxylation is 1. The zero-order chi connectivity index (χ0) is 14.5. The summed E-state index contributed by atoms with van der Waals surface area (Å²) in [4.78, 5) is 0. The maximum atomic E-state index is 5.69. The fraction of sp³-hybridized carbons (Fsp3) is 0.533. The van der Waals surface area contributed by atoms with Crippen LogP contribution in [0.4, 0.5) is 5.69 Å². The minimum atomic E-state index is 0.514. The number of tetrazole rings is 1. The number of thioether (sulfide) groups is 1. The van der Waals surface area contributed by atoms with Crippen LogP contribution in [-0.2, 0) is 6.42 Å². The van der Waals surface area contributed by atoms with Crippen molar-refractivity contribution in [2.24, 2.45) is 0 Å². The van der Waals surface area contributed by atoms with Crippen molar-refractivity contribution < 1.29 is 0 Å². The van der Waals surface area contributed by atoms with Crippen LogP contribution in [0.15, 0.2) is 29.4 Å². The van der Waals surface area contributed by atoms with Gasteiger partial charge in [0.2, 0.25) is 5.16 Å². The summed E-state index contributed by atoms with van der Waals surface area (Å²) in [6.45, 7) is 0. The highest BCUT2D eigenvalue weighted by molar-refractivity contribution is 7.99. The molecule has 3 rings (SSSR count). The molecule has 0 bridgehead atoms. The van der Waals surface area contributed by atoms with Crippen LogP contribution in [0.2, 0.25) is 0 Å². The van der Waals surface area contributed by atoms with E-state index in [1.165, 1.54) is 31.2 Å². The second-order valence-corrected chi connectivity index (χ2v) is 6.60. The van der Waals surface area contributed by atoms with Crippen LogP contribution in [-0.4, -0.2) is 26.0 Å². The molecule has 2 aromatic rings. The minimum Gasteiger partial charge on any atom is -0.399 e. The molecule has 0 unspecified atom stereocenters. The fourth-order valence-corrected chi connectivity index (χ4v) is 3.67. The molecule has 1 saturated carbocycles. The van der Waals surface area contributed by atoms with Gasteiger partial charge in [-0.1, -0.05) is 36.7 Å². The second kappa shape index (κ2) is 6.93. The van der Waals surface area contributed by atoms with Gasteiger partial charge in [0.05, 0.1) is 6.04 Å². The summed E-state index contributed by atoms with van der Waals surface area (Å²) in [6, 6.07) is 8.64. The Morgan fingerprint density at radius 1 is 1.19 bits per heavy atom. The van der Waals surface area contributed by atoms with Crippen LogP contribution >= 0.6 is 11.8 Å². The molecule has 0 spiro atoms. The van der Waals surface area contributed by atoms with Gasteiger partial charge in [-0.15, -0.1) is 5.10 Å². The number of benzene rings is 1. The van der Waals surface area contributed by atoms with E-state index in [-0.39, 0.29) is 0 Å². The first kappa shape index (κ1) is 14.4. The highest BCUT2D eigenvalue weighted by Gasteiger charge is 2.21. The molecule has 0 atom stereocenters. The Labute approximate surface area is 129 Å². The zero-order valence-corrected chi connectivity index (χ0v) is 12.9. The van der Waals surface area contributed by atoms with Crippen LogP contribution in [0.5, 0.6) is 0 Å². The van der Waals surface area contributed by atoms with E-state index in [2.05, 4.69) is 27.7 Å². The number of anilines is 1. The molecule has 1 aromatic heterocycles. The highest BCUT2D eigenvalue weighted by atomic mass is 32.2. The molecule has 112 valence electrons. The standard InChI is InChI=1S/C15H21N5S/c16-13-9-7-12(8-10-13)4-3-11-21-15-17-18-19-20(15)14-5-1-2-6-14/h7-10,14H,1-6,11,16H2. The van der Waals surface area contributed by atoms with Gasteiger partial charge >= 0.3 is 0 Å². The van der Waals surface area contributed by atoms with Crippen LogP contribution < -0.4 is 5.73 Å². The number of nitrogens with two attached hydrogens (primary N) is 1. The van der Waals surface area contributed by atoms with Gasteiger partial charge < -0.3 is 5.73 Å². The van der Waals surface area contributed by atoms with Gasteiger partial charge in [-0.2, -0.15) is 0 Å². The smallest absolute Gasteiger partial charge is 0.209 e. The lowest BCUT2D eigenvalue weighted by Crippen LogP contribution is -2.08. The number of rotatable bonds is 6. The van der Waals surface area contributed by atoms with Gasteiger partial charge in [0.15, 0.2) is 0 Å². The molecule has 0 aliphatic heterocycles. The highest BCUT2D eigenvalue weighted by Crippen LogP contribution is 2.31. The maximum absolute atomic E-state index is 5.69. The van der Waals surface area contributed by atoms with Crippen molar-refractivity contribution in [2.45, 2.75) is 49.7 Å². The summed E-state index contributed by atoms with van der Waals surface area (Å²) in [6.07, 6.45) is 7.20. The van der Waals surface area contributed by atoms with Gasteiger partial charge in [-0.05, 0) is 53.8 Å². The molecule has 0 saturated heterocycles. The Kier molecular flexibility index (Phi) is 4.75. The van der Waals surface area contributed by atoms with Crippen molar-refractivity contribution in [1.29, 1.82) is 0 Å². The molecule has 21 heavy (non-hydrogen) atoms. The molecule has 2 N–H and O–H groups in total. The number of nitrogen functional groups attached to an aromatic ring is 1. The Morgan fingerprint density at radius 3 is 2.71 bits per heavy atom. The lowest BCUT2D eigenvalue weighted by atomic mass is 10.1. The zero-order valence-electron chi connectivity index (χ0n) is 12.1. The Balaban J connectivity index is 1.47. The maximum Gasteiger partial charge on any atom is 0.209 e. The molecule has 5 nitrogen and oxygen atoms in total. The van der Waals surface area contributed by atoms with Crippen molar-refractivity contribution in [2.75, 3.05) is 11.5 Å². The monoisotopic (exact) mass is 303 g/mol. The Bertz CT molecular complexity index is 560. The van der Waals surface area contributed by atoms with Gasteiger partial charge in [0.25, 0.3) is 0 Å². The summed E-state index contributed by atoms with van der Waals surface area (Å²) in [5, 5.41) is 13.1. The van der Waals surface area contributed by atoms with Gasteiger partial charge in [-0.3, -0.25) is 0 Å². The van der Waals surface area contributed by atoms with Crippen LogP contribution in [0, 0.1) is 0 Å². The van der Waals surface area contributed by atoms with Crippen molar-refractivity contribution in [3.8, 4) is 0 Å². The van der Waals surface area contributed by atoms with Crippen LogP contribution in [0.3, 0.4) is 0 Å². The van der Waals surface area contributed by atoms with E-state index >= 15 is 0 Å². The van der Waals surface area contributed by atoms with E-state index < -0.39 is 0 Å². The molecule has 0 radical (unpaired) electrons. The molecular weight excluding hydrogens is 282 g/mol. The van der Waals surface area contributed by atoms with Crippen molar-refractivity contribution in [1.82, 2.24) is 20.2 Å². The quantitative estimate of drug-likeness (QED) is 0.504. The average molecular weight is 303 g/mol. The van der Waals surface area contributed by atoms with Crippen molar-refractivity contribution >= 4 is 17.4 Å². The molecule has 1 aromatic carbocycles. The molecule has 1 fully saturated rings. The lowest BCUT2D eigenvalue weighted by Gasteiger charge is -2.10. The van der Waals surface area contributed by atoms with Crippen LogP contribution in [0.1, 0.15) is 43.7 Å². The molecule has 6 heteroatoms. The van der Waals surface area contributed by atoms with Gasteiger partial charge in [0, 0.05) is 11.4 Å². The predicted octanol–water partition coefficient (Wildman–Crippen LogP) is 3.10. The summed E-state index contributed by atoms with van der Waals surface area (Å²) in [5.74, 6) is 1.04. The van der Waals surface area contributed by atoms with Crippen molar-refractivity contribution in [3.05, 3.63) is 29.8 Å². The number of hydrogen-bond acceptors (Lipinski definition) is 5. The average Bonchev–Trinajstić information content (AvgIpc) is 3.16. The van der Waals surface area contributed by atoms with E-state index in [0.717, 1.165) is 29.4 Å². The van der Waals surface area contributed by atoms with E-state index in [9.17, 15) is 0 Å². The van der Waals surface area contributed by atoms with E-state index in [1.54, 1.807) is 11.8 Å². The van der Waals surface area contributed by atoms with Crippen molar-refractivity contribution in [3.63, 3.8) is 0 Å². The predicted molar refractivity (Wildman–Crippen MR) is 85.2 cm³/mol. The SMILES string of the molecule is Nc1ccc(CCCSc2nnnn2C2CCCC2)cc1. The summed E-state index contributed by atoms with van der Waals surface area (Å²) in [5.41, 5.74) is 7.85. The van der Waals surface area contributed by atoms with Crippen LogP contribution in [0.25, 0.3) is 0 Å². The molecule has 1 aliphatic carbocycles. The van der Waals surface area contributed by atoms with E-state index in [4.69, 9.17) is 5.73 Å². The largest absolute Gasteiger partial charge is 0.399 e. The molecule has 1 heterocycles. The third kappa shape index (κ3) is 3.75. The third-order valence-corrected chi connectivity index (χ3v) is 4.97. The fourth-order valence-electron chi connectivity index (χ4n) is 2.78. The first-order valence-corrected chi connectivity index (χ1v) is 8.56. The van der Waals surface area contributed by atoms with E-state index in [0.29, 0.717) is 6.04 Å². The molecular formula is C15H21N5S. The van der Waals surface area contributed by atoms with Gasteiger partial charge in [0.1, 0.15) is 0 Å². The van der Waals surface area contributed by atoms with E-state index in [1.807, 2.05) is 16.8 Å². The normalized spacial score (nSPS) is 15.6. The first-order valence-electron chi connectivity index (χ1n) is 7.58. The topological polar surface area (TPSA) is 69.6 Å². The summed E-state index contributed by atoms with van der Waals surface area (Å²) in [7, 11) is 0. The third-order valence-electron chi connectivity index (χ3n) is 3.95. The Hall–Kier alpha value is -1.56. The Morgan fingerprint density at radius 2 is 1.95 bits per heavy atom. The molecule has 1 aliphatic rings. The number of aromatic nitrogens is 4. The lowest BCUT2D eigenvalue weighted by molar-refractivity contribution is 0.423. The minimum absolute atomic E-state index is 0.514. The second-order valence-electron chi connectivity index (χ2n) is 5.54. The number of hydrogen-bond donors (Lipinski definition) is 1.